The topological polar surface area (TPSA) is 84.1 Å². The molecule has 1 aromatic rings. The normalized spacial score (nSPS) is 15.9. The van der Waals surface area contributed by atoms with Crippen molar-refractivity contribution in [1.29, 1.82) is 0 Å². The Bertz CT molecular complexity index is 341. The van der Waals surface area contributed by atoms with E-state index in [2.05, 4.69) is 15.5 Å². The molecule has 0 saturated carbocycles. The van der Waals surface area contributed by atoms with Gasteiger partial charge in [-0.25, -0.2) is 0 Å². The van der Waals surface area contributed by atoms with Gasteiger partial charge in [-0.3, -0.25) is 0 Å². The minimum Gasteiger partial charge on any atom is -0.392 e. The van der Waals surface area contributed by atoms with Crippen molar-refractivity contribution < 1.29 is 18.3 Å². The molecule has 16 heavy (non-hydrogen) atoms. The molecular formula is C7H11F3N4OS. The lowest BCUT2D eigenvalue weighted by atomic mass is 10.2. The summed E-state index contributed by atoms with van der Waals surface area (Å²) in [4.78, 5) is 0. The van der Waals surface area contributed by atoms with Crippen molar-refractivity contribution in [2.24, 2.45) is 5.73 Å². The van der Waals surface area contributed by atoms with E-state index in [1.807, 2.05) is 0 Å². The van der Waals surface area contributed by atoms with Crippen LogP contribution in [0.15, 0.2) is 0 Å². The van der Waals surface area contributed by atoms with E-state index in [-0.39, 0.29) is 11.7 Å². The molecule has 0 spiro atoms. The van der Waals surface area contributed by atoms with Crippen LogP contribution < -0.4 is 11.1 Å². The quantitative estimate of drug-likeness (QED) is 0.737. The molecule has 0 amide bonds. The zero-order valence-corrected chi connectivity index (χ0v) is 9.14. The predicted octanol–water partition coefficient (Wildman–Crippen LogP) is 0.677. The third-order valence-electron chi connectivity index (χ3n) is 1.78. The predicted molar refractivity (Wildman–Crippen MR) is 53.1 cm³/mol. The number of alkyl halides is 3. The van der Waals surface area contributed by atoms with E-state index in [0.717, 1.165) is 0 Å². The van der Waals surface area contributed by atoms with Gasteiger partial charge in [0, 0.05) is 12.6 Å². The highest BCUT2D eigenvalue weighted by molar-refractivity contribution is 7.15. The van der Waals surface area contributed by atoms with E-state index < -0.39 is 23.3 Å². The number of aliphatic hydroxyl groups is 1. The van der Waals surface area contributed by atoms with Gasteiger partial charge >= 0.3 is 6.18 Å². The van der Waals surface area contributed by atoms with E-state index in [9.17, 15) is 13.2 Å². The summed E-state index contributed by atoms with van der Waals surface area (Å²) < 4.78 is 36.4. The van der Waals surface area contributed by atoms with E-state index >= 15 is 0 Å². The molecule has 1 rings (SSSR count). The molecule has 0 saturated heterocycles. The molecule has 4 N–H and O–H groups in total. The molecule has 0 aliphatic heterocycles. The van der Waals surface area contributed by atoms with Crippen LogP contribution in [0.2, 0.25) is 0 Å². The van der Waals surface area contributed by atoms with Gasteiger partial charge in [0.1, 0.15) is 0 Å². The summed E-state index contributed by atoms with van der Waals surface area (Å²) in [6.45, 7) is 1.62. The second-order valence-corrected chi connectivity index (χ2v) is 4.17. The first-order valence-corrected chi connectivity index (χ1v) is 5.20. The molecule has 5 nitrogen and oxygen atoms in total. The van der Waals surface area contributed by atoms with Crippen molar-refractivity contribution >= 4 is 16.5 Å². The Labute approximate surface area is 93.5 Å². The molecule has 0 fully saturated rings. The lowest BCUT2D eigenvalue weighted by Gasteiger charge is -2.14. The highest BCUT2D eigenvalue weighted by Gasteiger charge is 2.35. The minimum atomic E-state index is -4.48. The number of nitrogens with one attached hydrogen (secondary N) is 1. The lowest BCUT2D eigenvalue weighted by molar-refractivity contribution is -0.138. The summed E-state index contributed by atoms with van der Waals surface area (Å²) in [6, 6.07) is -0.571. The molecule has 2 unspecified atom stereocenters. The summed E-state index contributed by atoms with van der Waals surface area (Å²) >= 11 is 0.398. The van der Waals surface area contributed by atoms with Crippen molar-refractivity contribution in [3.63, 3.8) is 0 Å². The Hall–Kier alpha value is -0.930. The maximum atomic E-state index is 12.1. The van der Waals surface area contributed by atoms with Gasteiger partial charge in [0.15, 0.2) is 0 Å². The number of rotatable bonds is 4. The summed E-state index contributed by atoms with van der Waals surface area (Å²) in [5.41, 5.74) is 5.48. The first-order chi connectivity index (χ1) is 7.30. The molecule has 0 aliphatic carbocycles. The maximum absolute atomic E-state index is 12.1. The van der Waals surface area contributed by atoms with Gasteiger partial charge in [0.05, 0.1) is 6.10 Å². The van der Waals surface area contributed by atoms with Crippen LogP contribution in [0.25, 0.3) is 0 Å². The van der Waals surface area contributed by atoms with Gasteiger partial charge in [0.2, 0.25) is 10.1 Å². The first kappa shape index (κ1) is 13.1. The number of halogens is 3. The molecule has 0 aromatic carbocycles. The summed E-state index contributed by atoms with van der Waals surface area (Å²) in [7, 11) is 0. The Balaban J connectivity index is 2.53. The van der Waals surface area contributed by atoms with E-state index in [1.165, 1.54) is 6.92 Å². The van der Waals surface area contributed by atoms with Crippen LogP contribution in [0.4, 0.5) is 18.3 Å². The summed E-state index contributed by atoms with van der Waals surface area (Å²) in [5, 5.41) is 17.0. The van der Waals surface area contributed by atoms with Gasteiger partial charge < -0.3 is 16.2 Å². The zero-order chi connectivity index (χ0) is 12.3. The molecule has 1 heterocycles. The average Bonchev–Trinajstić information content (AvgIpc) is 2.61. The molecule has 9 heteroatoms. The van der Waals surface area contributed by atoms with E-state index in [1.54, 1.807) is 0 Å². The second kappa shape index (κ2) is 4.93. The maximum Gasteiger partial charge on any atom is 0.445 e. The standard InChI is InChI=1S/C7H11F3N4OS/c1-3(15)4(11)2-12-6-14-13-5(16-6)7(8,9)10/h3-4,15H,2,11H2,1H3,(H,12,14). The molecule has 0 radical (unpaired) electrons. The summed E-state index contributed by atoms with van der Waals surface area (Å²) in [5.74, 6) is 0. The van der Waals surface area contributed by atoms with Gasteiger partial charge in [-0.05, 0) is 6.92 Å². The largest absolute Gasteiger partial charge is 0.445 e. The SMILES string of the molecule is CC(O)C(N)CNc1nnc(C(F)(F)F)s1. The van der Waals surface area contributed by atoms with Gasteiger partial charge in [-0.1, -0.05) is 11.3 Å². The number of nitrogens with zero attached hydrogens (tertiary/aromatic N) is 2. The van der Waals surface area contributed by atoms with Crippen LogP contribution >= 0.6 is 11.3 Å². The van der Waals surface area contributed by atoms with Crippen molar-refractivity contribution in [3.8, 4) is 0 Å². The van der Waals surface area contributed by atoms with Crippen LogP contribution in [-0.4, -0.2) is 34.0 Å². The molecule has 2 atom stereocenters. The Kier molecular flexibility index (Phi) is 4.05. The fourth-order valence-electron chi connectivity index (χ4n) is 0.785. The Morgan fingerprint density at radius 2 is 2.12 bits per heavy atom. The Morgan fingerprint density at radius 1 is 1.50 bits per heavy atom. The van der Waals surface area contributed by atoms with Crippen LogP contribution in [0, 0.1) is 0 Å². The van der Waals surface area contributed by atoms with E-state index in [0.29, 0.717) is 11.3 Å². The number of aromatic nitrogens is 2. The van der Waals surface area contributed by atoms with Crippen molar-refractivity contribution in [3.05, 3.63) is 5.01 Å². The number of hydrogen-bond donors (Lipinski definition) is 3. The monoisotopic (exact) mass is 256 g/mol. The van der Waals surface area contributed by atoms with Crippen molar-refractivity contribution in [1.82, 2.24) is 10.2 Å². The summed E-state index contributed by atoms with van der Waals surface area (Å²) in [6.07, 6.45) is -5.23. The molecule has 92 valence electrons. The van der Waals surface area contributed by atoms with Crippen molar-refractivity contribution in [2.75, 3.05) is 11.9 Å². The Morgan fingerprint density at radius 3 is 2.56 bits per heavy atom. The molecular weight excluding hydrogens is 245 g/mol. The number of hydrogen-bond acceptors (Lipinski definition) is 6. The zero-order valence-electron chi connectivity index (χ0n) is 8.32. The van der Waals surface area contributed by atoms with Gasteiger partial charge in [-0.2, -0.15) is 13.2 Å². The molecule has 0 bridgehead atoms. The number of nitrogens with two attached hydrogens (primary N) is 1. The fourth-order valence-corrected chi connectivity index (χ4v) is 1.40. The van der Waals surface area contributed by atoms with Crippen molar-refractivity contribution in [2.45, 2.75) is 25.2 Å². The lowest BCUT2D eigenvalue weighted by Crippen LogP contribution is -2.38. The highest BCUT2D eigenvalue weighted by Crippen LogP contribution is 2.32. The van der Waals surface area contributed by atoms with Crippen LogP contribution in [-0.2, 0) is 6.18 Å². The smallest absolute Gasteiger partial charge is 0.392 e. The molecule has 1 aromatic heterocycles. The fraction of sp³-hybridized carbons (Fsp3) is 0.714. The minimum absolute atomic E-state index is 0.0309. The van der Waals surface area contributed by atoms with Gasteiger partial charge in [-0.15, -0.1) is 10.2 Å². The third kappa shape index (κ3) is 3.58. The number of aliphatic hydroxyl groups excluding tert-OH is 1. The molecule has 0 aliphatic rings. The van der Waals surface area contributed by atoms with Crippen LogP contribution in [0.3, 0.4) is 0 Å². The van der Waals surface area contributed by atoms with Crippen LogP contribution in [0.1, 0.15) is 11.9 Å². The number of anilines is 1. The highest BCUT2D eigenvalue weighted by atomic mass is 32.1. The van der Waals surface area contributed by atoms with Crippen LogP contribution in [0.5, 0.6) is 0 Å². The average molecular weight is 256 g/mol. The third-order valence-corrected chi connectivity index (χ3v) is 2.70. The first-order valence-electron chi connectivity index (χ1n) is 4.39. The van der Waals surface area contributed by atoms with Gasteiger partial charge in [0.25, 0.3) is 0 Å². The second-order valence-electron chi connectivity index (χ2n) is 3.20. The van der Waals surface area contributed by atoms with E-state index in [4.69, 9.17) is 10.8 Å².